The standard InChI is InChI=1S/C22H24N2O5S2/c1-15-13-16(6-11-20(15)29-3)19-14-30-22(23-19)24-21(25)5-4-12-31(26,27)18-9-7-17(28-2)8-10-18/h6-11,13-14H,4-5,12H2,1-3H3,(H,23,24,25). The van der Waals surface area contributed by atoms with Crippen LogP contribution in [0, 0.1) is 6.92 Å². The molecular formula is C22H24N2O5S2. The van der Waals surface area contributed by atoms with Gasteiger partial charge in [-0.05, 0) is 61.4 Å². The van der Waals surface area contributed by atoms with Crippen LogP contribution < -0.4 is 14.8 Å². The zero-order chi connectivity index (χ0) is 22.4. The second kappa shape index (κ2) is 9.93. The molecule has 0 unspecified atom stereocenters. The maximum Gasteiger partial charge on any atom is 0.226 e. The van der Waals surface area contributed by atoms with Crippen molar-refractivity contribution in [3.05, 3.63) is 53.4 Å². The van der Waals surface area contributed by atoms with Gasteiger partial charge < -0.3 is 14.8 Å². The lowest BCUT2D eigenvalue weighted by Crippen LogP contribution is -2.14. The van der Waals surface area contributed by atoms with Gasteiger partial charge in [0.2, 0.25) is 5.91 Å². The number of hydrogen-bond donors (Lipinski definition) is 1. The SMILES string of the molecule is COc1ccc(S(=O)(=O)CCCC(=O)Nc2nc(-c3ccc(OC)c(C)c3)cs2)cc1. The molecular weight excluding hydrogens is 436 g/mol. The number of rotatable bonds is 9. The van der Waals surface area contributed by atoms with Gasteiger partial charge in [-0.25, -0.2) is 13.4 Å². The molecule has 0 spiro atoms. The van der Waals surface area contributed by atoms with E-state index in [1.165, 1.54) is 30.6 Å². The summed E-state index contributed by atoms with van der Waals surface area (Å²) in [7, 11) is -0.309. The largest absolute Gasteiger partial charge is 0.497 e. The highest BCUT2D eigenvalue weighted by Crippen LogP contribution is 2.29. The van der Waals surface area contributed by atoms with Crippen molar-refractivity contribution >= 4 is 32.2 Å². The highest BCUT2D eigenvalue weighted by molar-refractivity contribution is 7.91. The zero-order valence-corrected chi connectivity index (χ0v) is 19.2. The predicted octanol–water partition coefficient (Wildman–Crippen LogP) is 4.33. The van der Waals surface area contributed by atoms with Crippen LogP contribution in [0.15, 0.2) is 52.7 Å². The summed E-state index contributed by atoms with van der Waals surface area (Å²) in [5, 5.41) is 5.09. The number of benzene rings is 2. The number of nitrogens with zero attached hydrogens (tertiary/aromatic N) is 1. The van der Waals surface area contributed by atoms with Gasteiger partial charge in [-0.1, -0.05) is 0 Å². The molecule has 3 rings (SSSR count). The van der Waals surface area contributed by atoms with Crippen LogP contribution in [0.4, 0.5) is 5.13 Å². The Bertz CT molecular complexity index is 1150. The van der Waals surface area contributed by atoms with Gasteiger partial charge in [0.1, 0.15) is 11.5 Å². The maximum absolute atomic E-state index is 12.4. The van der Waals surface area contributed by atoms with E-state index in [0.717, 1.165) is 22.6 Å². The number of methoxy groups -OCH3 is 2. The molecule has 0 fully saturated rings. The molecule has 1 N–H and O–H groups in total. The van der Waals surface area contributed by atoms with Crippen molar-refractivity contribution < 1.29 is 22.7 Å². The van der Waals surface area contributed by atoms with Crippen LogP contribution in [0.3, 0.4) is 0 Å². The Morgan fingerprint density at radius 2 is 1.84 bits per heavy atom. The summed E-state index contributed by atoms with van der Waals surface area (Å²) in [6.07, 6.45) is 0.308. The average Bonchev–Trinajstić information content (AvgIpc) is 3.22. The van der Waals surface area contributed by atoms with E-state index >= 15 is 0 Å². The summed E-state index contributed by atoms with van der Waals surface area (Å²) < 4.78 is 35.1. The third-order valence-electron chi connectivity index (χ3n) is 4.68. The smallest absolute Gasteiger partial charge is 0.226 e. The Morgan fingerprint density at radius 3 is 2.48 bits per heavy atom. The first kappa shape index (κ1) is 22.8. The monoisotopic (exact) mass is 460 g/mol. The quantitative estimate of drug-likeness (QED) is 0.511. The minimum atomic E-state index is -3.45. The maximum atomic E-state index is 12.4. The number of thiazole rings is 1. The van der Waals surface area contributed by atoms with Crippen LogP contribution in [0.5, 0.6) is 11.5 Å². The van der Waals surface area contributed by atoms with Crippen molar-refractivity contribution in [1.29, 1.82) is 0 Å². The summed E-state index contributed by atoms with van der Waals surface area (Å²) in [6.45, 7) is 1.96. The number of aryl methyl sites for hydroxylation is 1. The van der Waals surface area contributed by atoms with Crippen LogP contribution in [0.2, 0.25) is 0 Å². The fourth-order valence-electron chi connectivity index (χ4n) is 3.01. The number of carbonyl (C=O) groups excluding carboxylic acids is 1. The first-order chi connectivity index (χ1) is 14.8. The number of carbonyl (C=O) groups is 1. The normalized spacial score (nSPS) is 11.2. The fourth-order valence-corrected chi connectivity index (χ4v) is 5.05. The highest BCUT2D eigenvalue weighted by Gasteiger charge is 2.16. The minimum Gasteiger partial charge on any atom is -0.497 e. The number of amides is 1. The topological polar surface area (TPSA) is 94.6 Å². The molecule has 1 aromatic heterocycles. The molecule has 2 aromatic carbocycles. The number of aromatic nitrogens is 1. The van der Waals surface area contributed by atoms with E-state index in [4.69, 9.17) is 9.47 Å². The zero-order valence-electron chi connectivity index (χ0n) is 17.5. The summed E-state index contributed by atoms with van der Waals surface area (Å²) in [6, 6.07) is 12.0. The number of ether oxygens (including phenoxy) is 2. The molecule has 0 radical (unpaired) electrons. The summed E-state index contributed by atoms with van der Waals surface area (Å²) in [4.78, 5) is 16.9. The molecule has 3 aromatic rings. The van der Waals surface area contributed by atoms with E-state index in [1.807, 2.05) is 30.5 Å². The van der Waals surface area contributed by atoms with Crippen LogP contribution in [-0.2, 0) is 14.6 Å². The van der Waals surface area contributed by atoms with Crippen molar-refractivity contribution in [3.63, 3.8) is 0 Å². The van der Waals surface area contributed by atoms with Gasteiger partial charge in [-0.3, -0.25) is 4.79 Å². The van der Waals surface area contributed by atoms with Crippen molar-refractivity contribution in [2.45, 2.75) is 24.7 Å². The lowest BCUT2D eigenvalue weighted by Gasteiger charge is -2.06. The van der Waals surface area contributed by atoms with Crippen molar-refractivity contribution in [1.82, 2.24) is 4.98 Å². The summed E-state index contributed by atoms with van der Waals surface area (Å²) in [5.41, 5.74) is 2.69. The lowest BCUT2D eigenvalue weighted by molar-refractivity contribution is -0.116. The van der Waals surface area contributed by atoms with E-state index in [1.54, 1.807) is 19.2 Å². The molecule has 0 saturated heterocycles. The van der Waals surface area contributed by atoms with Gasteiger partial charge >= 0.3 is 0 Å². The van der Waals surface area contributed by atoms with E-state index in [9.17, 15) is 13.2 Å². The average molecular weight is 461 g/mol. The molecule has 0 saturated carbocycles. The Morgan fingerprint density at radius 1 is 1.10 bits per heavy atom. The minimum absolute atomic E-state index is 0.0892. The van der Waals surface area contributed by atoms with Gasteiger partial charge in [0.15, 0.2) is 15.0 Å². The van der Waals surface area contributed by atoms with E-state index in [2.05, 4.69) is 10.3 Å². The van der Waals surface area contributed by atoms with Gasteiger partial charge in [-0.15, -0.1) is 11.3 Å². The number of sulfone groups is 1. The Kier molecular flexibility index (Phi) is 7.29. The summed E-state index contributed by atoms with van der Waals surface area (Å²) >= 11 is 1.32. The molecule has 0 aliphatic carbocycles. The molecule has 0 atom stereocenters. The molecule has 1 heterocycles. The predicted molar refractivity (Wildman–Crippen MR) is 122 cm³/mol. The Balaban J connectivity index is 1.53. The third-order valence-corrected chi connectivity index (χ3v) is 7.25. The highest BCUT2D eigenvalue weighted by atomic mass is 32.2. The number of hydrogen-bond acceptors (Lipinski definition) is 7. The van der Waals surface area contributed by atoms with Gasteiger partial charge in [0.05, 0.1) is 30.6 Å². The molecule has 0 aliphatic heterocycles. The van der Waals surface area contributed by atoms with E-state index in [0.29, 0.717) is 10.9 Å². The molecule has 9 heteroatoms. The van der Waals surface area contributed by atoms with Crippen molar-refractivity contribution in [2.24, 2.45) is 0 Å². The van der Waals surface area contributed by atoms with E-state index in [-0.39, 0.29) is 29.4 Å². The molecule has 0 aliphatic rings. The Labute approximate surface area is 186 Å². The van der Waals surface area contributed by atoms with Gasteiger partial charge in [-0.2, -0.15) is 0 Å². The molecule has 7 nitrogen and oxygen atoms in total. The lowest BCUT2D eigenvalue weighted by atomic mass is 10.1. The van der Waals surface area contributed by atoms with Gasteiger partial charge in [0, 0.05) is 17.4 Å². The van der Waals surface area contributed by atoms with Crippen LogP contribution in [-0.4, -0.2) is 39.3 Å². The van der Waals surface area contributed by atoms with Crippen molar-refractivity contribution in [2.75, 3.05) is 25.3 Å². The van der Waals surface area contributed by atoms with Crippen LogP contribution in [0.1, 0.15) is 18.4 Å². The molecule has 1 amide bonds. The van der Waals surface area contributed by atoms with Gasteiger partial charge in [0.25, 0.3) is 0 Å². The second-order valence-corrected chi connectivity index (χ2v) is 9.84. The summed E-state index contributed by atoms with van der Waals surface area (Å²) in [5.74, 6) is 1.01. The molecule has 164 valence electrons. The second-order valence-electron chi connectivity index (χ2n) is 6.87. The van der Waals surface area contributed by atoms with Crippen LogP contribution in [0.25, 0.3) is 11.3 Å². The first-order valence-corrected chi connectivity index (χ1v) is 12.1. The molecule has 0 bridgehead atoms. The number of nitrogens with one attached hydrogen (secondary N) is 1. The first-order valence-electron chi connectivity index (χ1n) is 9.59. The van der Waals surface area contributed by atoms with Crippen molar-refractivity contribution in [3.8, 4) is 22.8 Å². The third kappa shape index (κ3) is 5.83. The Hall–Kier alpha value is -2.91. The molecule has 31 heavy (non-hydrogen) atoms. The van der Waals surface area contributed by atoms with E-state index < -0.39 is 9.84 Å². The number of anilines is 1. The van der Waals surface area contributed by atoms with Crippen LogP contribution >= 0.6 is 11.3 Å². The fraction of sp³-hybridized carbons (Fsp3) is 0.273.